The number of alkyl carbamates (subject to hydrolysis) is 1. The van der Waals surface area contributed by atoms with Crippen molar-refractivity contribution in [3.05, 3.63) is 0 Å². The van der Waals surface area contributed by atoms with E-state index >= 15 is 0 Å². The Morgan fingerprint density at radius 1 is 1.00 bits per heavy atom. The Bertz CT molecular complexity index is 606. The van der Waals surface area contributed by atoms with Gasteiger partial charge < -0.3 is 14.4 Å². The largest absolute Gasteiger partial charge is 0.444 e. The predicted molar refractivity (Wildman–Crippen MR) is 107 cm³/mol. The zero-order valence-corrected chi connectivity index (χ0v) is 18.9. The molecule has 0 unspecified atom stereocenters. The van der Waals surface area contributed by atoms with Gasteiger partial charge in [0, 0.05) is 26.2 Å². The maximum Gasteiger partial charge on any atom is 0.432 e. The molecular formula is C17H30BrN5O5. The van der Waals surface area contributed by atoms with Gasteiger partial charge in [0.2, 0.25) is 11.9 Å². The minimum atomic E-state index is -0.848. The first-order valence-corrected chi connectivity index (χ1v) is 10.1. The highest BCUT2D eigenvalue weighted by atomic mass is 79.9. The molecule has 0 spiro atoms. The lowest BCUT2D eigenvalue weighted by atomic mass is 10.2. The highest BCUT2D eigenvalue weighted by Gasteiger charge is 2.34. The van der Waals surface area contributed by atoms with E-state index in [2.05, 4.69) is 21.2 Å². The molecular weight excluding hydrogens is 434 g/mol. The zero-order chi connectivity index (χ0) is 21.7. The second kappa shape index (κ2) is 9.55. The summed E-state index contributed by atoms with van der Waals surface area (Å²) in [4.78, 5) is 38.2. The summed E-state index contributed by atoms with van der Waals surface area (Å²) in [6, 6.07) is 0. The number of hydrazine groups is 1. The topological polar surface area (TPSA) is 115 Å². The fraction of sp³-hybridized carbons (Fsp3) is 0.765. The molecule has 10 nitrogen and oxygen atoms in total. The number of amides is 3. The molecule has 0 aliphatic carbocycles. The number of piperazine rings is 1. The van der Waals surface area contributed by atoms with Crippen LogP contribution in [0.2, 0.25) is 0 Å². The van der Waals surface area contributed by atoms with Gasteiger partial charge in [-0.3, -0.25) is 15.5 Å². The standard InChI is InChI=1S/C17H30BrN5O5/c1-16(2,3)27-14(25)20-13(19)23(15(26)28-17(4,5)6)22-9-7-21(8-10-22)12(24)11-18/h7-11H2,1-6H3,(H2,19,20,25). The normalized spacial score (nSPS) is 15.6. The van der Waals surface area contributed by atoms with E-state index in [9.17, 15) is 14.4 Å². The number of carbonyl (C=O) groups excluding carboxylic acids is 3. The van der Waals surface area contributed by atoms with Gasteiger partial charge in [0.25, 0.3) is 0 Å². The minimum absolute atomic E-state index is 0.0505. The van der Waals surface area contributed by atoms with Crippen LogP contribution in [0.15, 0.2) is 0 Å². The molecule has 1 aliphatic heterocycles. The first-order chi connectivity index (χ1) is 12.7. The fourth-order valence-corrected chi connectivity index (χ4v) is 2.69. The number of guanidine groups is 1. The fourth-order valence-electron chi connectivity index (χ4n) is 2.34. The van der Waals surface area contributed by atoms with Crippen LogP contribution in [0, 0.1) is 5.41 Å². The van der Waals surface area contributed by atoms with Crippen molar-refractivity contribution in [2.75, 3.05) is 31.5 Å². The molecule has 160 valence electrons. The number of ether oxygens (including phenoxy) is 2. The average molecular weight is 464 g/mol. The third-order valence-corrected chi connectivity index (χ3v) is 3.88. The van der Waals surface area contributed by atoms with Gasteiger partial charge in [-0.25, -0.2) is 14.6 Å². The van der Waals surface area contributed by atoms with Crippen LogP contribution in [0.3, 0.4) is 0 Å². The minimum Gasteiger partial charge on any atom is -0.444 e. The smallest absolute Gasteiger partial charge is 0.432 e. The number of hydrogen-bond acceptors (Lipinski definition) is 7. The highest BCUT2D eigenvalue weighted by Crippen LogP contribution is 2.14. The van der Waals surface area contributed by atoms with Crippen LogP contribution < -0.4 is 5.32 Å². The molecule has 0 bridgehead atoms. The molecule has 1 saturated heterocycles. The van der Waals surface area contributed by atoms with Crippen molar-refractivity contribution in [2.24, 2.45) is 0 Å². The van der Waals surface area contributed by atoms with Crippen LogP contribution in [0.4, 0.5) is 9.59 Å². The van der Waals surface area contributed by atoms with Crippen molar-refractivity contribution in [3.8, 4) is 0 Å². The number of nitrogens with one attached hydrogen (secondary N) is 2. The molecule has 1 heterocycles. The van der Waals surface area contributed by atoms with Gasteiger partial charge in [-0.1, -0.05) is 15.9 Å². The number of halogens is 1. The molecule has 28 heavy (non-hydrogen) atoms. The zero-order valence-electron chi connectivity index (χ0n) is 17.3. The Labute approximate surface area is 174 Å². The SMILES string of the molecule is CC(C)(C)OC(=O)NC(=N)N(C(=O)OC(C)(C)C)N1CCN(C(=O)CBr)CC1. The number of carbonyl (C=O) groups is 3. The molecule has 2 N–H and O–H groups in total. The van der Waals surface area contributed by atoms with Crippen LogP contribution in [-0.4, -0.2) is 81.7 Å². The number of nitrogens with zero attached hydrogens (tertiary/aromatic N) is 3. The van der Waals surface area contributed by atoms with Crippen molar-refractivity contribution in [3.63, 3.8) is 0 Å². The summed E-state index contributed by atoms with van der Waals surface area (Å²) in [6.45, 7) is 11.6. The lowest BCUT2D eigenvalue weighted by molar-refractivity contribution is -0.131. The number of rotatable bonds is 2. The quantitative estimate of drug-likeness (QED) is 0.368. The Morgan fingerprint density at radius 3 is 1.93 bits per heavy atom. The van der Waals surface area contributed by atoms with Gasteiger partial charge in [-0.15, -0.1) is 0 Å². The van der Waals surface area contributed by atoms with E-state index in [-0.39, 0.29) is 11.2 Å². The summed E-state index contributed by atoms with van der Waals surface area (Å²) in [7, 11) is 0. The van der Waals surface area contributed by atoms with Gasteiger partial charge in [0.15, 0.2) is 0 Å². The summed E-state index contributed by atoms with van der Waals surface area (Å²) >= 11 is 3.14. The maximum atomic E-state index is 12.7. The molecule has 0 aromatic heterocycles. The summed E-state index contributed by atoms with van der Waals surface area (Å²) in [6.07, 6.45) is -1.65. The molecule has 3 amide bonds. The Hall–Kier alpha value is -1.88. The summed E-state index contributed by atoms with van der Waals surface area (Å²) < 4.78 is 10.5. The van der Waals surface area contributed by atoms with Crippen LogP contribution in [-0.2, 0) is 14.3 Å². The summed E-state index contributed by atoms with van der Waals surface area (Å²) in [5, 5.41) is 13.2. The third kappa shape index (κ3) is 8.01. The molecule has 0 aromatic carbocycles. The van der Waals surface area contributed by atoms with Crippen molar-refractivity contribution in [2.45, 2.75) is 52.7 Å². The molecule has 0 atom stereocenters. The molecule has 0 radical (unpaired) electrons. The Kier molecular flexibility index (Phi) is 8.24. The van der Waals surface area contributed by atoms with E-state index in [1.807, 2.05) is 0 Å². The van der Waals surface area contributed by atoms with E-state index in [1.165, 1.54) is 0 Å². The molecule has 11 heteroatoms. The van der Waals surface area contributed by atoms with Crippen LogP contribution >= 0.6 is 15.9 Å². The van der Waals surface area contributed by atoms with Gasteiger partial charge in [-0.05, 0) is 41.5 Å². The number of alkyl halides is 1. The van der Waals surface area contributed by atoms with Gasteiger partial charge in [0.1, 0.15) is 11.2 Å². The first kappa shape index (κ1) is 24.2. The first-order valence-electron chi connectivity index (χ1n) is 8.94. The second-order valence-corrected chi connectivity index (χ2v) is 8.80. The van der Waals surface area contributed by atoms with E-state index in [1.54, 1.807) is 51.5 Å². The average Bonchev–Trinajstić information content (AvgIpc) is 2.51. The van der Waals surface area contributed by atoms with Gasteiger partial charge in [-0.2, -0.15) is 5.01 Å². The molecule has 0 aromatic rings. The van der Waals surface area contributed by atoms with Crippen LogP contribution in [0.5, 0.6) is 0 Å². The van der Waals surface area contributed by atoms with Crippen LogP contribution in [0.25, 0.3) is 0 Å². The maximum absolute atomic E-state index is 12.7. The molecule has 1 fully saturated rings. The highest BCUT2D eigenvalue weighted by molar-refractivity contribution is 9.09. The van der Waals surface area contributed by atoms with Crippen molar-refractivity contribution in [1.29, 1.82) is 5.41 Å². The van der Waals surface area contributed by atoms with Gasteiger partial charge in [0.05, 0.1) is 5.33 Å². The monoisotopic (exact) mass is 463 g/mol. The van der Waals surface area contributed by atoms with E-state index in [0.29, 0.717) is 26.2 Å². The van der Waals surface area contributed by atoms with Crippen molar-refractivity contribution in [1.82, 2.24) is 20.2 Å². The van der Waals surface area contributed by atoms with E-state index in [4.69, 9.17) is 14.9 Å². The molecule has 1 rings (SSSR count). The summed E-state index contributed by atoms with van der Waals surface area (Å²) in [5.41, 5.74) is -1.53. The van der Waals surface area contributed by atoms with Crippen LogP contribution in [0.1, 0.15) is 41.5 Å². The van der Waals surface area contributed by atoms with Gasteiger partial charge >= 0.3 is 12.2 Å². The Balaban J connectivity index is 2.91. The van der Waals surface area contributed by atoms with Crippen molar-refractivity contribution >= 4 is 40.0 Å². The number of hydrogen-bond donors (Lipinski definition) is 2. The van der Waals surface area contributed by atoms with Crippen molar-refractivity contribution < 1.29 is 23.9 Å². The Morgan fingerprint density at radius 2 is 1.50 bits per heavy atom. The molecule has 1 aliphatic rings. The predicted octanol–water partition coefficient (Wildman–Crippen LogP) is 2.14. The molecule has 0 saturated carbocycles. The summed E-state index contributed by atoms with van der Waals surface area (Å²) in [5.74, 6) is -0.533. The van der Waals surface area contributed by atoms with E-state index in [0.717, 1.165) is 5.01 Å². The lowest BCUT2D eigenvalue weighted by Gasteiger charge is -2.40. The van der Waals surface area contributed by atoms with E-state index < -0.39 is 29.3 Å². The lowest BCUT2D eigenvalue weighted by Crippen LogP contribution is -2.61. The second-order valence-electron chi connectivity index (χ2n) is 8.24. The third-order valence-electron chi connectivity index (χ3n) is 3.40.